The summed E-state index contributed by atoms with van der Waals surface area (Å²) in [5, 5.41) is -0.0305. The highest BCUT2D eigenvalue weighted by Crippen LogP contribution is 2.48. The molecule has 0 radical (unpaired) electrons. The van der Waals surface area contributed by atoms with Crippen LogP contribution in [0.2, 0.25) is 5.02 Å². The number of hydrogen-bond acceptors (Lipinski definition) is 2. The third-order valence-electron chi connectivity index (χ3n) is 9.06. The van der Waals surface area contributed by atoms with E-state index in [2.05, 4.69) is 0 Å². The van der Waals surface area contributed by atoms with Crippen LogP contribution in [0.1, 0.15) is 84.0 Å². The molecule has 0 amide bonds. The minimum Gasteiger partial charge on any atom is -0.492 e. The molecule has 3 aliphatic rings. The molecule has 0 aliphatic heterocycles. The summed E-state index contributed by atoms with van der Waals surface area (Å²) in [6, 6.07) is 3.24. The second-order valence-corrected chi connectivity index (χ2v) is 11.4. The Balaban J connectivity index is 1.16. The van der Waals surface area contributed by atoms with E-state index in [0.717, 1.165) is 37.5 Å². The second-order valence-electron chi connectivity index (χ2n) is 11.0. The number of alkyl halides is 3. The lowest BCUT2D eigenvalue weighted by Crippen LogP contribution is -2.33. The van der Waals surface area contributed by atoms with Gasteiger partial charge in [-0.25, -0.2) is 4.39 Å². The zero-order valence-corrected chi connectivity index (χ0v) is 21.5. The van der Waals surface area contributed by atoms with Crippen LogP contribution in [0.15, 0.2) is 12.1 Å². The normalized spacial score (nSPS) is 32.3. The fourth-order valence-corrected chi connectivity index (χ4v) is 7.14. The van der Waals surface area contributed by atoms with E-state index in [9.17, 15) is 17.6 Å². The average Bonchev–Trinajstić information content (AvgIpc) is 2.86. The molecule has 1 aromatic carbocycles. The van der Waals surface area contributed by atoms with Crippen LogP contribution < -0.4 is 9.47 Å². The summed E-state index contributed by atoms with van der Waals surface area (Å²) < 4.78 is 64.5. The zero-order valence-electron chi connectivity index (χ0n) is 20.7. The Hall–Kier alpha value is -1.17. The third kappa shape index (κ3) is 6.78. The van der Waals surface area contributed by atoms with Gasteiger partial charge in [0.05, 0.1) is 19.1 Å². The first-order valence-electron chi connectivity index (χ1n) is 13.6. The Morgan fingerprint density at radius 1 is 0.743 bits per heavy atom. The Morgan fingerprint density at radius 3 is 1.69 bits per heavy atom. The van der Waals surface area contributed by atoms with E-state index in [1.54, 1.807) is 12.1 Å². The van der Waals surface area contributed by atoms with Crippen molar-refractivity contribution in [1.29, 1.82) is 0 Å². The van der Waals surface area contributed by atoms with Gasteiger partial charge >= 0.3 is 6.18 Å². The number of rotatable bonds is 7. The van der Waals surface area contributed by atoms with Gasteiger partial charge in [-0.15, -0.1) is 0 Å². The first-order chi connectivity index (χ1) is 16.8. The maximum absolute atomic E-state index is 14.5. The largest absolute Gasteiger partial charge is 0.492 e. The molecule has 0 heterocycles. The summed E-state index contributed by atoms with van der Waals surface area (Å²) in [7, 11) is 0. The minimum absolute atomic E-state index is 0.0305. The Kier molecular flexibility index (Phi) is 9.15. The third-order valence-corrected chi connectivity index (χ3v) is 9.41. The predicted molar refractivity (Wildman–Crippen MR) is 130 cm³/mol. The SMILES string of the molecule is CCOc1ccc(OCC2CCC(C3CCC(C4CCC(C(F)(F)F)CC4)CC3)CC2)c(F)c1Cl. The molecule has 3 saturated carbocycles. The summed E-state index contributed by atoms with van der Waals surface area (Å²) in [6.07, 6.45) is 7.55. The number of ether oxygens (including phenoxy) is 2. The van der Waals surface area contributed by atoms with Gasteiger partial charge in [0.15, 0.2) is 11.6 Å². The summed E-state index contributed by atoms with van der Waals surface area (Å²) in [4.78, 5) is 0. The van der Waals surface area contributed by atoms with E-state index in [-0.39, 0.29) is 10.8 Å². The van der Waals surface area contributed by atoms with Gasteiger partial charge in [-0.05, 0) is 126 Å². The minimum atomic E-state index is -4.01. The molecule has 0 aromatic heterocycles. The van der Waals surface area contributed by atoms with E-state index in [4.69, 9.17) is 21.1 Å². The molecular formula is C28H39ClF4O2. The van der Waals surface area contributed by atoms with Crippen molar-refractivity contribution >= 4 is 11.6 Å². The van der Waals surface area contributed by atoms with E-state index in [0.29, 0.717) is 49.6 Å². The lowest BCUT2D eigenvalue weighted by molar-refractivity contribution is -0.185. The number of halogens is 5. The highest BCUT2D eigenvalue weighted by Gasteiger charge is 2.43. The Labute approximate surface area is 212 Å². The fourth-order valence-electron chi connectivity index (χ4n) is 6.93. The second kappa shape index (κ2) is 11.9. The highest BCUT2D eigenvalue weighted by atomic mass is 35.5. The summed E-state index contributed by atoms with van der Waals surface area (Å²) >= 11 is 6.06. The van der Waals surface area contributed by atoms with E-state index >= 15 is 0 Å². The molecule has 198 valence electrons. The smallest absolute Gasteiger partial charge is 0.391 e. The Morgan fingerprint density at radius 2 is 1.20 bits per heavy atom. The van der Waals surface area contributed by atoms with Gasteiger partial charge in [-0.1, -0.05) is 11.6 Å². The van der Waals surface area contributed by atoms with Crippen molar-refractivity contribution in [3.8, 4) is 11.5 Å². The van der Waals surface area contributed by atoms with E-state index in [1.807, 2.05) is 6.92 Å². The van der Waals surface area contributed by atoms with Gasteiger partial charge in [-0.3, -0.25) is 0 Å². The van der Waals surface area contributed by atoms with Crippen molar-refractivity contribution < 1.29 is 27.0 Å². The zero-order chi connectivity index (χ0) is 25.0. The van der Waals surface area contributed by atoms with Crippen LogP contribution in [0.5, 0.6) is 11.5 Å². The van der Waals surface area contributed by atoms with E-state index in [1.165, 1.54) is 38.5 Å². The highest BCUT2D eigenvalue weighted by molar-refractivity contribution is 6.32. The first kappa shape index (κ1) is 26.9. The molecule has 3 fully saturated rings. The molecule has 3 aliphatic carbocycles. The molecule has 0 atom stereocenters. The van der Waals surface area contributed by atoms with Gasteiger partial charge in [0.2, 0.25) is 0 Å². The van der Waals surface area contributed by atoms with Gasteiger partial charge < -0.3 is 9.47 Å². The molecular weight excluding hydrogens is 480 g/mol. The Bertz CT molecular complexity index is 806. The molecule has 35 heavy (non-hydrogen) atoms. The molecule has 7 heteroatoms. The summed E-state index contributed by atoms with van der Waals surface area (Å²) in [6.45, 7) is 2.75. The van der Waals surface area contributed by atoms with Crippen LogP contribution in [0.25, 0.3) is 0 Å². The maximum Gasteiger partial charge on any atom is 0.391 e. The quantitative estimate of drug-likeness (QED) is 0.335. The molecule has 0 bridgehead atoms. The van der Waals surface area contributed by atoms with Crippen LogP contribution in [-0.4, -0.2) is 19.4 Å². The summed E-state index contributed by atoms with van der Waals surface area (Å²) in [5.74, 6) is 1.93. The topological polar surface area (TPSA) is 18.5 Å². The van der Waals surface area contributed by atoms with Crippen LogP contribution in [-0.2, 0) is 0 Å². The monoisotopic (exact) mass is 518 g/mol. The van der Waals surface area contributed by atoms with E-state index < -0.39 is 17.9 Å². The van der Waals surface area contributed by atoms with Gasteiger partial charge in [0, 0.05) is 0 Å². The molecule has 0 saturated heterocycles. The van der Waals surface area contributed by atoms with Crippen molar-refractivity contribution in [2.24, 2.45) is 35.5 Å². The predicted octanol–water partition coefficient (Wildman–Crippen LogP) is 9.24. The lowest BCUT2D eigenvalue weighted by atomic mass is 9.65. The van der Waals surface area contributed by atoms with Crippen LogP contribution >= 0.6 is 11.6 Å². The van der Waals surface area contributed by atoms with Crippen LogP contribution in [0, 0.1) is 41.3 Å². The molecule has 1 aromatic rings. The van der Waals surface area contributed by atoms with Gasteiger partial charge in [0.25, 0.3) is 0 Å². The van der Waals surface area contributed by atoms with Crippen LogP contribution in [0.4, 0.5) is 17.6 Å². The van der Waals surface area contributed by atoms with Gasteiger partial charge in [-0.2, -0.15) is 13.2 Å². The van der Waals surface area contributed by atoms with Crippen molar-refractivity contribution in [2.75, 3.05) is 13.2 Å². The number of benzene rings is 1. The lowest BCUT2D eigenvalue weighted by Gasteiger charge is -2.41. The molecule has 2 nitrogen and oxygen atoms in total. The summed E-state index contributed by atoms with van der Waals surface area (Å²) in [5.41, 5.74) is 0. The van der Waals surface area contributed by atoms with Crippen LogP contribution in [0.3, 0.4) is 0 Å². The average molecular weight is 519 g/mol. The fraction of sp³-hybridized carbons (Fsp3) is 0.786. The van der Waals surface area contributed by atoms with Crippen molar-refractivity contribution in [3.05, 3.63) is 23.0 Å². The number of hydrogen-bond donors (Lipinski definition) is 0. The molecule has 0 N–H and O–H groups in total. The molecule has 0 spiro atoms. The standard InChI is InChI=1S/C28H39ClF4O2/c1-2-34-24-15-16-25(27(30)26(24)29)35-17-18-3-5-19(6-4-18)20-7-9-21(10-8-20)22-11-13-23(14-12-22)28(31,32)33/h15-16,18-23H,2-14,17H2,1H3. The maximum atomic E-state index is 14.5. The first-order valence-corrected chi connectivity index (χ1v) is 13.9. The van der Waals surface area contributed by atoms with Crippen molar-refractivity contribution in [3.63, 3.8) is 0 Å². The molecule has 4 rings (SSSR count). The van der Waals surface area contributed by atoms with Crippen molar-refractivity contribution in [1.82, 2.24) is 0 Å². The van der Waals surface area contributed by atoms with Crippen molar-refractivity contribution in [2.45, 2.75) is 90.1 Å². The molecule has 0 unspecified atom stereocenters. The van der Waals surface area contributed by atoms with Gasteiger partial charge in [0.1, 0.15) is 10.8 Å².